The van der Waals surface area contributed by atoms with Gasteiger partial charge in [0.05, 0.1) is 19.8 Å². The van der Waals surface area contributed by atoms with E-state index in [-0.39, 0.29) is 19.8 Å². The minimum Gasteiger partial charge on any atom is -0.462 e. The Labute approximate surface area is 458 Å². The Balaban J connectivity index is 1.44. The Hall–Kier alpha value is -7.56. The second-order valence-corrected chi connectivity index (χ2v) is 24.4. The molecule has 0 N–H and O–H groups in total. The Morgan fingerprint density at radius 3 is 0.846 bits per heavy atom. The third kappa shape index (κ3) is 17.5. The van der Waals surface area contributed by atoms with Crippen LogP contribution in [0.4, 0.5) is 0 Å². The normalized spacial score (nSPS) is 17.3. The number of benzene rings is 6. The molecule has 1 aliphatic rings. The summed E-state index contributed by atoms with van der Waals surface area (Å²) < 4.78 is 76.1. The molecule has 15 nitrogen and oxygen atoms in total. The number of aryl methyl sites for hydroxylation is 3. The number of ether oxygens (including phenoxy) is 3. The van der Waals surface area contributed by atoms with E-state index < -0.39 is 40.9 Å². The van der Waals surface area contributed by atoms with Gasteiger partial charge in [-0.2, -0.15) is 0 Å². The lowest BCUT2D eigenvalue weighted by Gasteiger charge is -2.34. The van der Waals surface area contributed by atoms with E-state index in [1.54, 1.807) is 57.2 Å². The van der Waals surface area contributed by atoms with Gasteiger partial charge in [0, 0.05) is 16.7 Å². The number of nitrogens with zero attached hydrogens (tertiary/aromatic N) is 3. The lowest BCUT2D eigenvalue weighted by atomic mass is 10.1. The molecule has 0 spiro atoms. The Kier molecular flexibility index (Phi) is 21.4. The van der Waals surface area contributed by atoms with E-state index in [9.17, 15) is 14.4 Å². The molecular formula is C60H66N3O12P3. The molecule has 0 fully saturated rings. The molecule has 0 amide bonds. The Bertz CT molecular complexity index is 2870. The molecule has 1 heterocycles. The van der Waals surface area contributed by atoms with Gasteiger partial charge in [-0.15, -0.1) is 0 Å². The molecule has 0 unspecified atom stereocenters. The first kappa shape index (κ1) is 58.1. The molecular weight excluding hydrogens is 1050 g/mol. The van der Waals surface area contributed by atoms with Gasteiger partial charge in [-0.3, -0.25) is 0 Å². The molecule has 0 atom stereocenters. The highest BCUT2D eigenvalue weighted by Crippen LogP contribution is 2.79. The van der Waals surface area contributed by atoms with Gasteiger partial charge in [-0.25, -0.2) is 14.4 Å². The number of carbonyl (C=O) groups excluding carboxylic acids is 3. The first-order valence-corrected chi connectivity index (χ1v) is 30.3. The molecule has 0 saturated carbocycles. The van der Waals surface area contributed by atoms with E-state index in [1.807, 2.05) is 127 Å². The number of esters is 3. The van der Waals surface area contributed by atoms with Crippen LogP contribution in [-0.2, 0) is 47.9 Å². The summed E-state index contributed by atoms with van der Waals surface area (Å²) in [7, 11) is -12.8. The van der Waals surface area contributed by atoms with Crippen molar-refractivity contribution in [3.05, 3.63) is 217 Å². The summed E-state index contributed by atoms with van der Waals surface area (Å²) in [6, 6.07) is 49.9. The van der Waals surface area contributed by atoms with Crippen molar-refractivity contribution in [2.24, 2.45) is 13.5 Å². The van der Waals surface area contributed by atoms with Crippen LogP contribution in [0.15, 0.2) is 214 Å². The molecule has 1 aliphatic heterocycles. The minimum atomic E-state index is -4.28. The van der Waals surface area contributed by atoms with E-state index in [0.29, 0.717) is 109 Å². The van der Waals surface area contributed by atoms with Gasteiger partial charge < -0.3 is 41.4 Å². The van der Waals surface area contributed by atoms with Crippen LogP contribution >= 0.6 is 23.0 Å². The summed E-state index contributed by atoms with van der Waals surface area (Å²) in [4.78, 5) is 36.6. The fraction of sp³-hybridized carbons (Fsp3) is 0.250. The first-order valence-electron chi connectivity index (χ1n) is 25.7. The monoisotopic (exact) mass is 1110 g/mol. The number of rotatable bonds is 30. The summed E-state index contributed by atoms with van der Waals surface area (Å²) in [6.07, 6.45) is 5.16. The van der Waals surface area contributed by atoms with E-state index in [4.69, 9.17) is 54.9 Å². The molecule has 0 bridgehead atoms. The fourth-order valence-corrected chi connectivity index (χ4v) is 16.7. The van der Waals surface area contributed by atoms with Crippen LogP contribution in [0, 0.1) is 0 Å². The second-order valence-electron chi connectivity index (χ2n) is 18.2. The predicted octanol–water partition coefficient (Wildman–Crippen LogP) is 16.6. The summed E-state index contributed by atoms with van der Waals surface area (Å²) >= 11 is 0. The van der Waals surface area contributed by atoms with E-state index in [2.05, 4.69) is 19.7 Å². The smallest absolute Gasteiger partial charge is 0.460 e. The number of para-hydroxylation sites is 6. The third-order valence-corrected chi connectivity index (χ3v) is 19.5. The molecule has 78 heavy (non-hydrogen) atoms. The average Bonchev–Trinajstić information content (AvgIpc) is 3.43. The lowest BCUT2D eigenvalue weighted by molar-refractivity contribution is -0.139. The van der Waals surface area contributed by atoms with E-state index in [0.717, 1.165) is 16.7 Å². The van der Waals surface area contributed by atoms with Gasteiger partial charge in [-0.05, 0) is 150 Å². The van der Waals surface area contributed by atoms with Crippen LogP contribution < -0.4 is 27.1 Å². The van der Waals surface area contributed by atoms with Gasteiger partial charge >= 0.3 is 40.9 Å². The van der Waals surface area contributed by atoms with Crippen molar-refractivity contribution in [1.29, 1.82) is 0 Å². The topological polar surface area (TPSA) is 171 Å². The highest BCUT2D eigenvalue weighted by Gasteiger charge is 2.49. The van der Waals surface area contributed by atoms with Gasteiger partial charge in [0.15, 0.2) is 0 Å². The lowest BCUT2D eigenvalue weighted by Crippen LogP contribution is -2.12. The van der Waals surface area contributed by atoms with Gasteiger partial charge in [0.25, 0.3) is 0 Å². The van der Waals surface area contributed by atoms with Crippen LogP contribution in [0.5, 0.6) is 34.5 Å². The maximum Gasteiger partial charge on any atom is 0.460 e. The summed E-state index contributed by atoms with van der Waals surface area (Å²) in [5.41, 5.74) is 3.39. The standard InChI is InChI=1S/C60H66N3O12P3/c1-46(2)58(64)67-43-25-22-31-49-28-16-19-40-55(49)73-76(70-52-34-10-7-11-35-52)61-77(71-53-36-12-8-13-37-53,74-56-41-20-17-29-50(56)32-23-26-44-68-59(65)47(3)4)63-78(62-76,72-54-38-14-9-15-39-54)75-57-42-21-18-30-51(57)33-24-27-45-69-60(66)48(5)6/h7-21,28-30,34-42H,1,3,5,22-27,31-33,43-45H2,2,4,6H3. The SMILES string of the molecule is C=C(C)C(=O)OCCCCc1ccccc1OP1(Oc2ccccc2)=NP(Oc2ccccc2)(Oc2ccccc2CCCCOC(=O)C(=C)C)=NP(Oc2ccccc2)(Oc2ccccc2CCCCOC(=O)C(=C)C)=N1. The third-order valence-electron chi connectivity index (χ3n) is 11.4. The molecule has 7 rings (SSSR count). The van der Waals surface area contributed by atoms with Crippen molar-refractivity contribution in [3.8, 4) is 34.5 Å². The van der Waals surface area contributed by atoms with Crippen LogP contribution in [0.1, 0.15) is 76.0 Å². The van der Waals surface area contributed by atoms with E-state index in [1.165, 1.54) is 0 Å². The molecule has 0 radical (unpaired) electrons. The molecule has 0 aliphatic carbocycles. The molecule has 0 aromatic heterocycles. The highest BCUT2D eigenvalue weighted by atomic mass is 31.3. The van der Waals surface area contributed by atoms with Gasteiger partial charge in [0.2, 0.25) is 0 Å². The van der Waals surface area contributed by atoms with Crippen molar-refractivity contribution in [1.82, 2.24) is 0 Å². The zero-order valence-electron chi connectivity index (χ0n) is 44.3. The minimum absolute atomic E-state index is 0.213. The van der Waals surface area contributed by atoms with Crippen LogP contribution in [0.3, 0.4) is 0 Å². The first-order chi connectivity index (χ1) is 37.7. The fourth-order valence-electron chi connectivity index (χ4n) is 7.51. The summed E-state index contributed by atoms with van der Waals surface area (Å²) in [6.45, 7) is 16.6. The largest absolute Gasteiger partial charge is 0.462 e. The quantitative estimate of drug-likeness (QED) is 0.0138. The zero-order chi connectivity index (χ0) is 55.2. The second kappa shape index (κ2) is 28.7. The van der Waals surface area contributed by atoms with Crippen LogP contribution in [0.25, 0.3) is 0 Å². The highest BCUT2D eigenvalue weighted by molar-refractivity contribution is 7.79. The van der Waals surface area contributed by atoms with Crippen molar-refractivity contribution in [3.63, 3.8) is 0 Å². The van der Waals surface area contributed by atoms with E-state index >= 15 is 0 Å². The van der Waals surface area contributed by atoms with Gasteiger partial charge in [-0.1, -0.05) is 142 Å². The van der Waals surface area contributed by atoms with Crippen LogP contribution in [0.2, 0.25) is 0 Å². The average molecular weight is 1110 g/mol. The van der Waals surface area contributed by atoms with Gasteiger partial charge in [0.1, 0.15) is 34.5 Å². The Morgan fingerprint density at radius 1 is 0.346 bits per heavy atom. The van der Waals surface area contributed by atoms with Crippen molar-refractivity contribution in [2.45, 2.75) is 78.6 Å². The van der Waals surface area contributed by atoms with Crippen molar-refractivity contribution in [2.75, 3.05) is 19.8 Å². The number of unbranched alkanes of at least 4 members (excludes halogenated alkanes) is 3. The maximum absolute atomic E-state index is 12.2. The number of hydrogen-bond donors (Lipinski definition) is 0. The molecule has 408 valence electrons. The Morgan fingerprint density at radius 2 is 0.590 bits per heavy atom. The molecule has 6 aromatic carbocycles. The van der Waals surface area contributed by atoms with Crippen molar-refractivity contribution >= 4 is 40.9 Å². The number of carbonyl (C=O) groups is 3. The van der Waals surface area contributed by atoms with Crippen LogP contribution in [-0.4, -0.2) is 37.7 Å². The molecule has 0 saturated heterocycles. The summed E-state index contributed by atoms with van der Waals surface area (Å²) in [5, 5.41) is 0. The summed E-state index contributed by atoms with van der Waals surface area (Å²) in [5.74, 6) is 1.00. The predicted molar refractivity (Wildman–Crippen MR) is 307 cm³/mol. The zero-order valence-corrected chi connectivity index (χ0v) is 47.0. The number of hydrogen-bond acceptors (Lipinski definition) is 15. The van der Waals surface area contributed by atoms with Crippen molar-refractivity contribution < 1.29 is 55.7 Å². The maximum atomic E-state index is 12.2. The molecule has 6 aromatic rings. The molecule has 18 heteroatoms.